The molecule has 76 heavy (non-hydrogen) atoms. The summed E-state index contributed by atoms with van der Waals surface area (Å²) < 4.78 is 2.46. The summed E-state index contributed by atoms with van der Waals surface area (Å²) >= 11 is 14.3. The number of nitrogens with zero attached hydrogens (tertiary/aromatic N) is 4. The van der Waals surface area contributed by atoms with Crippen LogP contribution in [0.4, 0.5) is 0 Å². The van der Waals surface area contributed by atoms with Gasteiger partial charge >= 0.3 is 0 Å². The maximum Gasteiger partial charge on any atom is 0.194 e. The predicted molar refractivity (Wildman–Crippen MR) is 314 cm³/mol. The van der Waals surface area contributed by atoms with Crippen molar-refractivity contribution in [2.45, 2.75) is 38.5 Å². The Hall–Kier alpha value is -7.44. The van der Waals surface area contributed by atoms with Crippen LogP contribution >= 0.6 is 90.7 Å². The highest BCUT2D eigenvalue weighted by atomic mass is 32.1. The molecule has 0 spiro atoms. The first-order valence-electron chi connectivity index (χ1n) is 23.9. The minimum atomic E-state index is -0.715. The maximum atomic E-state index is 14.3. The number of fused-ring (bicyclic) bond motifs is 11. The van der Waals surface area contributed by atoms with Crippen LogP contribution in [-0.2, 0) is 10.8 Å². The van der Waals surface area contributed by atoms with Crippen molar-refractivity contribution in [1.29, 1.82) is 21.0 Å². The molecule has 0 saturated carbocycles. The molecule has 0 fully saturated rings. The third kappa shape index (κ3) is 6.21. The Balaban J connectivity index is 1.06. The SMILES string of the molecule is Cc1ccc(C2(c3ccc(C)s3)c3cc(/C=C4\C(=O)c5ccccc5C4=C(C#N)C#N)sc3-c3sc4c5c(sc4c32)-c2sc(/C=C3\C(=O)c4ccccc4C3=C(C#N)C#N)cc2C5(c2ccc(C)s2)c2ccc(C)s2)s1. The van der Waals surface area contributed by atoms with E-state index < -0.39 is 10.8 Å². The lowest BCUT2D eigenvalue weighted by Gasteiger charge is -2.30. The van der Waals surface area contributed by atoms with Gasteiger partial charge in [-0.05, 0) is 123 Å². The Bertz CT molecular complexity index is 4230. The summed E-state index contributed by atoms with van der Waals surface area (Å²) in [6.07, 6.45) is 3.80. The third-order valence-electron chi connectivity index (χ3n) is 14.9. The first-order valence-corrected chi connectivity index (χ1v) is 30.5. The minimum Gasteiger partial charge on any atom is -0.289 e. The third-order valence-corrected chi connectivity index (χ3v) is 24.4. The second-order valence-electron chi connectivity index (χ2n) is 19.0. The zero-order chi connectivity index (χ0) is 52.1. The van der Waals surface area contributed by atoms with E-state index in [1.807, 2.05) is 117 Å². The predicted octanol–water partition coefficient (Wildman–Crippen LogP) is 17.5. The summed E-state index contributed by atoms with van der Waals surface area (Å²) in [7, 11) is 0. The molecule has 10 aromatic rings. The van der Waals surface area contributed by atoms with Crippen molar-refractivity contribution < 1.29 is 9.59 Å². The molecule has 360 valence electrons. The lowest BCUT2D eigenvalue weighted by molar-refractivity contribution is 0.103. The van der Waals surface area contributed by atoms with Gasteiger partial charge in [-0.15, -0.1) is 90.7 Å². The number of hydrogen-bond donors (Lipinski definition) is 0. The molecule has 6 nitrogen and oxygen atoms in total. The molecular formula is C62H32N4O2S8. The molecule has 0 saturated heterocycles. The van der Waals surface area contributed by atoms with Crippen LogP contribution < -0.4 is 0 Å². The average Bonchev–Trinajstić information content (AvgIpc) is 4.45. The van der Waals surface area contributed by atoms with E-state index in [0.29, 0.717) is 44.5 Å². The first kappa shape index (κ1) is 47.0. The Morgan fingerprint density at radius 2 is 0.750 bits per heavy atom. The highest BCUT2D eigenvalue weighted by molar-refractivity contribution is 7.35. The first-order chi connectivity index (χ1) is 36.9. The van der Waals surface area contributed by atoms with Gasteiger partial charge in [0.2, 0.25) is 0 Å². The lowest BCUT2D eigenvalue weighted by Crippen LogP contribution is -2.26. The highest BCUT2D eigenvalue weighted by Crippen LogP contribution is 2.71. The van der Waals surface area contributed by atoms with E-state index in [0.717, 1.165) is 30.6 Å². The van der Waals surface area contributed by atoms with Crippen LogP contribution in [0.15, 0.2) is 131 Å². The Labute approximate surface area is 468 Å². The van der Waals surface area contributed by atoms with E-state index in [2.05, 4.69) is 113 Å². The molecule has 0 aliphatic heterocycles. The van der Waals surface area contributed by atoms with Gasteiger partial charge in [-0.3, -0.25) is 9.59 Å². The van der Waals surface area contributed by atoms with Gasteiger partial charge in [0, 0.05) is 93.3 Å². The van der Waals surface area contributed by atoms with Crippen LogP contribution in [0.1, 0.15) is 103 Å². The number of carbonyl (C=O) groups excluding carboxylic acids is 2. The molecule has 14 rings (SSSR count). The number of hydrogen-bond acceptors (Lipinski definition) is 14. The number of ketones is 2. The van der Waals surface area contributed by atoms with Crippen LogP contribution in [0.25, 0.3) is 52.2 Å². The average molecular weight is 1120 g/mol. The van der Waals surface area contributed by atoms with E-state index >= 15 is 0 Å². The van der Waals surface area contributed by atoms with Gasteiger partial charge in [0.05, 0.1) is 39.7 Å². The van der Waals surface area contributed by atoms with E-state index in [4.69, 9.17) is 0 Å². The summed E-state index contributed by atoms with van der Waals surface area (Å²) in [6.45, 7) is 8.64. The fraction of sp³-hybridized carbons (Fsp3) is 0.0968. The minimum absolute atomic E-state index is 0.0882. The summed E-state index contributed by atoms with van der Waals surface area (Å²) in [5.74, 6) is -0.406. The van der Waals surface area contributed by atoms with E-state index in [9.17, 15) is 30.6 Å². The molecule has 4 aliphatic rings. The molecule has 0 unspecified atom stereocenters. The molecule has 0 atom stereocenters. The Morgan fingerprint density at radius 1 is 0.421 bits per heavy atom. The highest BCUT2D eigenvalue weighted by Gasteiger charge is 2.56. The van der Waals surface area contributed by atoms with Gasteiger partial charge < -0.3 is 0 Å². The molecule has 0 amide bonds. The molecule has 0 N–H and O–H groups in total. The number of rotatable bonds is 6. The normalized spacial score (nSPS) is 16.1. The number of Topliss-reactive ketones (excluding diaryl/α,β-unsaturated/α-hetero) is 2. The monoisotopic (exact) mass is 1120 g/mol. The molecule has 4 aliphatic carbocycles. The van der Waals surface area contributed by atoms with Gasteiger partial charge in [0.15, 0.2) is 11.6 Å². The molecule has 14 heteroatoms. The number of thiophene rings is 8. The zero-order valence-corrected chi connectivity index (χ0v) is 47.0. The topological polar surface area (TPSA) is 129 Å². The van der Waals surface area contributed by atoms with Crippen LogP contribution in [0, 0.1) is 73.0 Å². The Morgan fingerprint density at radius 3 is 1.05 bits per heavy atom. The fourth-order valence-electron chi connectivity index (χ4n) is 11.9. The molecule has 2 aromatic carbocycles. The second-order valence-corrected chi connectivity index (χ2v) is 28.4. The number of aryl methyl sites for hydroxylation is 4. The standard InChI is InChI=1S/C62H32N4O2S8/c1-29-13-17-45(69-29)61(46-18-14-30(2)70-46)43-23-35(21-41-49(33(25-63)26-64)37-9-5-7-11-39(37)53(41)67)73-55(43)57-51(61)59-60(75-57)52-58(76-59)56-44(62(52,47-19-15-31(3)71-47)48-20-16-32(4)72-48)24-36(74-56)22-42-50(34(27-65)28-66)38-10-6-8-12-40(38)54(42)68/h5-24H,1-4H3/b41-21-,42-22-. The van der Waals surface area contributed by atoms with Gasteiger partial charge in [-0.2, -0.15) is 21.0 Å². The molecular weight excluding hydrogens is 1090 g/mol. The number of nitriles is 4. The van der Waals surface area contributed by atoms with Crippen LogP contribution in [0.5, 0.6) is 0 Å². The van der Waals surface area contributed by atoms with Crippen molar-refractivity contribution in [2.24, 2.45) is 0 Å². The van der Waals surface area contributed by atoms with Crippen LogP contribution in [0.3, 0.4) is 0 Å². The summed E-state index contributed by atoms with van der Waals surface area (Å²) in [5.41, 5.74) is 6.85. The van der Waals surface area contributed by atoms with E-state index in [1.165, 1.54) is 69.3 Å². The lowest BCUT2D eigenvalue weighted by atomic mass is 9.75. The smallest absolute Gasteiger partial charge is 0.194 e. The van der Waals surface area contributed by atoms with Gasteiger partial charge in [-0.1, -0.05) is 48.5 Å². The summed E-state index contributed by atoms with van der Waals surface area (Å²) in [4.78, 5) is 44.7. The van der Waals surface area contributed by atoms with Crippen molar-refractivity contribution in [1.82, 2.24) is 0 Å². The molecule has 8 heterocycles. The van der Waals surface area contributed by atoms with Gasteiger partial charge in [0.1, 0.15) is 35.4 Å². The van der Waals surface area contributed by atoms with Crippen molar-refractivity contribution in [3.63, 3.8) is 0 Å². The quantitative estimate of drug-likeness (QED) is 0.120. The summed E-state index contributed by atoms with van der Waals surface area (Å²) in [5, 5.41) is 40.9. The van der Waals surface area contributed by atoms with Crippen molar-refractivity contribution >= 4 is 135 Å². The second kappa shape index (κ2) is 17.0. The largest absolute Gasteiger partial charge is 0.289 e. The summed E-state index contributed by atoms with van der Waals surface area (Å²) in [6, 6.07) is 45.3. The number of benzene rings is 2. The molecule has 8 aromatic heterocycles. The van der Waals surface area contributed by atoms with Gasteiger partial charge in [0.25, 0.3) is 0 Å². The number of allylic oxidation sites excluding steroid dienone is 6. The van der Waals surface area contributed by atoms with E-state index in [-0.39, 0.29) is 22.7 Å². The maximum absolute atomic E-state index is 14.3. The molecule has 0 bridgehead atoms. The Kier molecular flexibility index (Phi) is 10.5. The molecule has 0 radical (unpaired) electrons. The fourth-order valence-corrected chi connectivity index (χ4v) is 22.1. The van der Waals surface area contributed by atoms with Crippen molar-refractivity contribution in [2.75, 3.05) is 0 Å². The zero-order valence-electron chi connectivity index (χ0n) is 40.4. The van der Waals surface area contributed by atoms with Crippen LogP contribution in [-0.4, -0.2) is 11.6 Å². The van der Waals surface area contributed by atoms with Gasteiger partial charge in [-0.25, -0.2) is 0 Å². The van der Waals surface area contributed by atoms with Crippen molar-refractivity contribution in [3.05, 3.63) is 225 Å². The number of carbonyl (C=O) groups is 2. The van der Waals surface area contributed by atoms with Crippen LogP contribution in [0.2, 0.25) is 0 Å². The van der Waals surface area contributed by atoms with Crippen molar-refractivity contribution in [3.8, 4) is 43.8 Å². The van der Waals surface area contributed by atoms with E-state index in [1.54, 1.807) is 34.8 Å².